The number of ether oxygens (including phenoxy) is 1. The first-order chi connectivity index (χ1) is 9.26. The molecule has 2 atom stereocenters. The van der Waals surface area contributed by atoms with Gasteiger partial charge in [-0.2, -0.15) is 0 Å². The first kappa shape index (κ1) is 22.0. The standard InChI is InChI=1S/C14H21O6.Li.H/c1-4-12(17)20-14(3,5-2)10(13(18)19)8-6-7-9-11(15)16;;/h4,10H,1-2,5-9H2,3H3,(H,15,16)(H,18,19);;. The molecule has 0 heterocycles. The summed E-state index contributed by atoms with van der Waals surface area (Å²) in [7, 11) is 0. The van der Waals surface area contributed by atoms with Gasteiger partial charge in [-0.05, 0) is 33.1 Å². The predicted molar refractivity (Wildman–Crippen MR) is 79.0 cm³/mol. The molecule has 0 aliphatic carbocycles. The molecule has 0 aromatic carbocycles. The number of carboxylic acids is 2. The van der Waals surface area contributed by atoms with Gasteiger partial charge in [-0.25, -0.2) is 4.79 Å². The topological polar surface area (TPSA) is 101 Å². The fourth-order valence-corrected chi connectivity index (χ4v) is 1.88. The molecule has 0 aromatic rings. The minimum absolute atomic E-state index is 0. The summed E-state index contributed by atoms with van der Waals surface area (Å²) in [6.45, 7) is 8.42. The molecule has 0 rings (SSSR count). The van der Waals surface area contributed by atoms with Crippen LogP contribution in [0.5, 0.6) is 0 Å². The van der Waals surface area contributed by atoms with Crippen molar-refractivity contribution < 1.29 is 29.3 Å². The van der Waals surface area contributed by atoms with Gasteiger partial charge in [0.05, 0.1) is 5.92 Å². The number of hydrogen-bond acceptors (Lipinski definition) is 4. The van der Waals surface area contributed by atoms with E-state index in [2.05, 4.69) is 13.5 Å². The predicted octanol–water partition coefficient (Wildman–Crippen LogP) is 1.40. The number of carboxylic acid groups (broad SMARTS) is 2. The molecular formula is C14H22LiO6. The van der Waals surface area contributed by atoms with Crippen molar-refractivity contribution in [3.63, 3.8) is 0 Å². The van der Waals surface area contributed by atoms with E-state index in [1.165, 1.54) is 6.92 Å². The number of unbranched alkanes of at least 4 members (excludes halogenated alkanes) is 1. The fourth-order valence-electron chi connectivity index (χ4n) is 1.88. The van der Waals surface area contributed by atoms with E-state index in [4.69, 9.17) is 9.84 Å². The second-order valence-corrected chi connectivity index (χ2v) is 4.72. The van der Waals surface area contributed by atoms with Crippen LogP contribution in [-0.2, 0) is 19.1 Å². The molecule has 0 aliphatic rings. The number of rotatable bonds is 10. The molecule has 2 N–H and O–H groups in total. The Morgan fingerprint density at radius 2 is 1.86 bits per heavy atom. The maximum atomic E-state index is 11.3. The van der Waals surface area contributed by atoms with E-state index < -0.39 is 29.4 Å². The Morgan fingerprint density at radius 1 is 1.29 bits per heavy atom. The molecule has 0 bridgehead atoms. The number of carbonyl (C=O) groups excluding carboxylic acids is 1. The first-order valence-electron chi connectivity index (χ1n) is 6.36. The summed E-state index contributed by atoms with van der Waals surface area (Å²) in [5, 5.41) is 17.8. The van der Waals surface area contributed by atoms with Crippen molar-refractivity contribution in [3.8, 4) is 0 Å². The Labute approximate surface area is 136 Å². The van der Waals surface area contributed by atoms with Crippen LogP contribution in [0.3, 0.4) is 0 Å². The van der Waals surface area contributed by atoms with Crippen LogP contribution in [0.4, 0.5) is 0 Å². The molecular weight excluding hydrogens is 271 g/mol. The van der Waals surface area contributed by atoms with Crippen molar-refractivity contribution in [3.05, 3.63) is 19.6 Å². The molecule has 1 radical (unpaired) electrons. The molecule has 0 aliphatic heterocycles. The zero-order chi connectivity index (χ0) is 15.8. The normalized spacial score (nSPS) is 14.2. The second-order valence-electron chi connectivity index (χ2n) is 4.72. The Morgan fingerprint density at radius 3 is 2.24 bits per heavy atom. The molecule has 0 saturated heterocycles. The van der Waals surface area contributed by atoms with E-state index in [0.717, 1.165) is 6.08 Å². The molecule has 0 saturated carbocycles. The van der Waals surface area contributed by atoms with Crippen molar-refractivity contribution >= 4 is 36.8 Å². The van der Waals surface area contributed by atoms with Crippen LogP contribution in [-0.4, -0.2) is 52.6 Å². The number of aliphatic carboxylic acids is 2. The van der Waals surface area contributed by atoms with Crippen LogP contribution in [0.15, 0.2) is 12.7 Å². The molecule has 0 fully saturated rings. The summed E-state index contributed by atoms with van der Waals surface area (Å²) < 4.78 is 5.12. The van der Waals surface area contributed by atoms with Gasteiger partial charge in [-0.15, -0.1) is 0 Å². The van der Waals surface area contributed by atoms with Gasteiger partial charge in [0, 0.05) is 12.5 Å². The van der Waals surface area contributed by atoms with Gasteiger partial charge < -0.3 is 14.9 Å². The van der Waals surface area contributed by atoms with Crippen LogP contribution in [0.2, 0.25) is 0 Å². The average Bonchev–Trinajstić information content (AvgIpc) is 2.37. The first-order valence-corrected chi connectivity index (χ1v) is 6.36. The van der Waals surface area contributed by atoms with Gasteiger partial charge in [0.1, 0.15) is 5.60 Å². The zero-order valence-electron chi connectivity index (χ0n) is 11.6. The SMILES string of the molecule is [CH2]CC(C)(OC(=O)C=C)C(CCCCC(=O)O)C(=O)O.[LiH]. The van der Waals surface area contributed by atoms with E-state index in [1.807, 2.05) is 0 Å². The van der Waals surface area contributed by atoms with Crippen molar-refractivity contribution in [1.29, 1.82) is 0 Å². The minimum atomic E-state index is -1.24. The second kappa shape index (κ2) is 10.5. The Hall–Kier alpha value is -1.25. The van der Waals surface area contributed by atoms with Gasteiger partial charge in [-0.1, -0.05) is 13.0 Å². The summed E-state index contributed by atoms with van der Waals surface area (Å²) in [6, 6.07) is 0. The summed E-state index contributed by atoms with van der Waals surface area (Å²) in [5.41, 5.74) is -1.24. The molecule has 115 valence electrons. The van der Waals surface area contributed by atoms with Gasteiger partial charge in [0.2, 0.25) is 0 Å². The molecule has 21 heavy (non-hydrogen) atoms. The van der Waals surface area contributed by atoms with E-state index in [-0.39, 0.29) is 38.1 Å². The third-order valence-corrected chi connectivity index (χ3v) is 3.17. The molecule has 0 spiro atoms. The zero-order valence-corrected chi connectivity index (χ0v) is 11.6. The molecule has 7 heteroatoms. The van der Waals surface area contributed by atoms with Crippen LogP contribution in [0, 0.1) is 12.8 Å². The molecule has 6 nitrogen and oxygen atoms in total. The molecule has 0 aromatic heterocycles. The van der Waals surface area contributed by atoms with Crippen LogP contribution in [0.1, 0.15) is 39.0 Å². The van der Waals surface area contributed by atoms with Crippen molar-refractivity contribution in [1.82, 2.24) is 0 Å². The molecule has 2 unspecified atom stereocenters. The summed E-state index contributed by atoms with van der Waals surface area (Å²) in [6.07, 6.45) is 2.07. The summed E-state index contributed by atoms with van der Waals surface area (Å²) in [4.78, 5) is 33.0. The number of carbonyl (C=O) groups is 3. The van der Waals surface area contributed by atoms with Crippen molar-refractivity contribution in [2.24, 2.45) is 5.92 Å². The summed E-state index contributed by atoms with van der Waals surface area (Å²) in [5.74, 6) is -3.65. The van der Waals surface area contributed by atoms with E-state index in [0.29, 0.717) is 12.8 Å². The van der Waals surface area contributed by atoms with E-state index in [1.54, 1.807) is 0 Å². The Bertz CT molecular complexity index is 382. The van der Waals surface area contributed by atoms with Crippen LogP contribution >= 0.6 is 0 Å². The number of esters is 1. The van der Waals surface area contributed by atoms with Crippen LogP contribution in [0.25, 0.3) is 0 Å². The van der Waals surface area contributed by atoms with Crippen molar-refractivity contribution in [2.45, 2.75) is 44.6 Å². The van der Waals surface area contributed by atoms with Crippen LogP contribution < -0.4 is 0 Å². The monoisotopic (exact) mass is 293 g/mol. The van der Waals surface area contributed by atoms with Gasteiger partial charge in [0.25, 0.3) is 0 Å². The average molecular weight is 293 g/mol. The maximum absolute atomic E-state index is 11.3. The third-order valence-electron chi connectivity index (χ3n) is 3.17. The van der Waals surface area contributed by atoms with Gasteiger partial charge in [0.15, 0.2) is 0 Å². The Balaban J connectivity index is 0. The molecule has 0 amide bonds. The van der Waals surface area contributed by atoms with Gasteiger partial charge in [-0.3, -0.25) is 9.59 Å². The summed E-state index contributed by atoms with van der Waals surface area (Å²) >= 11 is 0. The quantitative estimate of drug-likeness (QED) is 0.273. The number of hydrogen-bond donors (Lipinski definition) is 2. The van der Waals surface area contributed by atoms with Crippen molar-refractivity contribution in [2.75, 3.05) is 0 Å². The van der Waals surface area contributed by atoms with E-state index >= 15 is 0 Å². The van der Waals surface area contributed by atoms with E-state index in [9.17, 15) is 19.5 Å². The van der Waals surface area contributed by atoms with Gasteiger partial charge >= 0.3 is 36.8 Å². The Kier molecular flexibility index (Phi) is 11.0. The fraction of sp³-hybridized carbons (Fsp3) is 0.571. The third kappa shape index (κ3) is 7.93.